The summed E-state index contributed by atoms with van der Waals surface area (Å²) in [4.78, 5) is 0. The fourth-order valence-electron chi connectivity index (χ4n) is 2.40. The normalized spacial score (nSPS) is 21.5. The van der Waals surface area contributed by atoms with Gasteiger partial charge in [0.05, 0.1) is 21.3 Å². The zero-order valence-corrected chi connectivity index (χ0v) is 11.7. The standard InChI is InChI=1S/C14H22N2O3/c1-17-12-6-11(7-13(18-2)14(12)19-3)16-8-9-4-10(15)5-9/h6-7,9-10,16H,4-5,8,15H2,1-3H3. The average Bonchev–Trinajstić information content (AvgIpc) is 2.40. The highest BCUT2D eigenvalue weighted by Gasteiger charge is 2.25. The van der Waals surface area contributed by atoms with Crippen LogP contribution in [0.25, 0.3) is 0 Å². The van der Waals surface area contributed by atoms with E-state index >= 15 is 0 Å². The van der Waals surface area contributed by atoms with Gasteiger partial charge in [-0.25, -0.2) is 0 Å². The molecule has 1 fully saturated rings. The van der Waals surface area contributed by atoms with E-state index in [9.17, 15) is 0 Å². The summed E-state index contributed by atoms with van der Waals surface area (Å²) >= 11 is 0. The summed E-state index contributed by atoms with van der Waals surface area (Å²) in [5, 5.41) is 3.40. The number of ether oxygens (including phenoxy) is 3. The molecule has 0 amide bonds. The van der Waals surface area contributed by atoms with Crippen molar-refractivity contribution in [1.82, 2.24) is 0 Å². The first-order chi connectivity index (χ1) is 9.17. The first-order valence-electron chi connectivity index (χ1n) is 6.47. The van der Waals surface area contributed by atoms with Crippen molar-refractivity contribution >= 4 is 5.69 Å². The van der Waals surface area contributed by atoms with Crippen molar-refractivity contribution < 1.29 is 14.2 Å². The molecule has 5 heteroatoms. The molecular weight excluding hydrogens is 244 g/mol. The number of hydrogen-bond acceptors (Lipinski definition) is 5. The van der Waals surface area contributed by atoms with Gasteiger partial charge in [0.25, 0.3) is 0 Å². The van der Waals surface area contributed by atoms with E-state index in [2.05, 4.69) is 5.32 Å². The highest BCUT2D eigenvalue weighted by atomic mass is 16.5. The molecule has 3 N–H and O–H groups in total. The van der Waals surface area contributed by atoms with Gasteiger partial charge < -0.3 is 25.3 Å². The summed E-state index contributed by atoms with van der Waals surface area (Å²) in [6.07, 6.45) is 2.19. The van der Waals surface area contributed by atoms with E-state index < -0.39 is 0 Å². The number of anilines is 1. The van der Waals surface area contributed by atoms with Gasteiger partial charge in [-0.2, -0.15) is 0 Å². The van der Waals surface area contributed by atoms with E-state index in [1.807, 2.05) is 12.1 Å². The lowest BCUT2D eigenvalue weighted by atomic mass is 9.81. The van der Waals surface area contributed by atoms with Crippen LogP contribution in [0.5, 0.6) is 17.2 Å². The lowest BCUT2D eigenvalue weighted by Gasteiger charge is -2.32. The topological polar surface area (TPSA) is 65.7 Å². The molecule has 0 aromatic heterocycles. The van der Waals surface area contributed by atoms with Gasteiger partial charge in [-0.3, -0.25) is 0 Å². The molecule has 0 radical (unpaired) electrons. The Bertz CT molecular complexity index is 406. The summed E-state index contributed by atoms with van der Waals surface area (Å²) in [5.74, 6) is 2.60. The third-order valence-electron chi connectivity index (χ3n) is 3.53. The average molecular weight is 266 g/mol. The number of methoxy groups -OCH3 is 3. The van der Waals surface area contributed by atoms with Crippen LogP contribution in [0, 0.1) is 5.92 Å². The maximum Gasteiger partial charge on any atom is 0.203 e. The van der Waals surface area contributed by atoms with Gasteiger partial charge in [0.1, 0.15) is 0 Å². The van der Waals surface area contributed by atoms with Crippen molar-refractivity contribution in [1.29, 1.82) is 0 Å². The first kappa shape index (κ1) is 13.8. The number of hydrogen-bond donors (Lipinski definition) is 2. The molecule has 5 nitrogen and oxygen atoms in total. The second kappa shape index (κ2) is 6.02. The van der Waals surface area contributed by atoms with Gasteiger partial charge in [0.2, 0.25) is 5.75 Å². The van der Waals surface area contributed by atoms with Crippen molar-refractivity contribution in [2.24, 2.45) is 11.7 Å². The Kier molecular flexibility index (Phi) is 4.37. The van der Waals surface area contributed by atoms with Crippen LogP contribution in [0.15, 0.2) is 12.1 Å². The molecule has 19 heavy (non-hydrogen) atoms. The summed E-state index contributed by atoms with van der Waals surface area (Å²) in [5.41, 5.74) is 6.75. The van der Waals surface area contributed by atoms with Crippen LogP contribution in [-0.4, -0.2) is 33.9 Å². The lowest BCUT2D eigenvalue weighted by molar-refractivity contribution is 0.280. The highest BCUT2D eigenvalue weighted by molar-refractivity contribution is 5.62. The maximum absolute atomic E-state index is 5.78. The number of rotatable bonds is 6. The first-order valence-corrected chi connectivity index (χ1v) is 6.47. The SMILES string of the molecule is COc1cc(NCC2CC(N)C2)cc(OC)c1OC. The van der Waals surface area contributed by atoms with Crippen LogP contribution in [0.2, 0.25) is 0 Å². The number of nitrogens with two attached hydrogens (primary N) is 1. The summed E-state index contributed by atoms with van der Waals surface area (Å²) in [6, 6.07) is 4.21. The van der Waals surface area contributed by atoms with Gasteiger partial charge in [-0.15, -0.1) is 0 Å². The van der Waals surface area contributed by atoms with E-state index in [0.717, 1.165) is 25.1 Å². The van der Waals surface area contributed by atoms with Gasteiger partial charge >= 0.3 is 0 Å². The Morgan fingerprint density at radius 3 is 2.11 bits per heavy atom. The zero-order chi connectivity index (χ0) is 13.8. The molecule has 1 aromatic carbocycles. The van der Waals surface area contributed by atoms with E-state index in [1.54, 1.807) is 21.3 Å². The smallest absolute Gasteiger partial charge is 0.203 e. The minimum atomic E-state index is 0.381. The molecule has 0 unspecified atom stereocenters. The van der Waals surface area contributed by atoms with E-state index in [1.165, 1.54) is 0 Å². The van der Waals surface area contributed by atoms with Crippen LogP contribution in [0.3, 0.4) is 0 Å². The van der Waals surface area contributed by atoms with Crippen molar-refractivity contribution in [3.63, 3.8) is 0 Å². The van der Waals surface area contributed by atoms with Crippen molar-refractivity contribution in [3.8, 4) is 17.2 Å². The molecule has 0 spiro atoms. The summed E-state index contributed by atoms with van der Waals surface area (Å²) in [6.45, 7) is 0.923. The second-order valence-corrected chi connectivity index (χ2v) is 4.89. The predicted octanol–water partition coefficient (Wildman–Crippen LogP) is 1.86. The van der Waals surface area contributed by atoms with Crippen molar-refractivity contribution in [2.75, 3.05) is 33.2 Å². The van der Waals surface area contributed by atoms with Gasteiger partial charge in [-0.05, 0) is 18.8 Å². The van der Waals surface area contributed by atoms with Crippen molar-refractivity contribution in [3.05, 3.63) is 12.1 Å². The molecule has 0 aliphatic heterocycles. The third-order valence-corrected chi connectivity index (χ3v) is 3.53. The quantitative estimate of drug-likeness (QED) is 0.822. The zero-order valence-electron chi connectivity index (χ0n) is 11.7. The Hall–Kier alpha value is -1.62. The molecule has 0 bridgehead atoms. The van der Waals surface area contributed by atoms with E-state index in [4.69, 9.17) is 19.9 Å². The Labute approximate surface area is 114 Å². The Balaban J connectivity index is 2.07. The van der Waals surface area contributed by atoms with E-state index in [-0.39, 0.29) is 0 Å². The van der Waals surface area contributed by atoms with Crippen LogP contribution in [-0.2, 0) is 0 Å². The number of benzene rings is 1. The molecule has 0 heterocycles. The van der Waals surface area contributed by atoms with Crippen molar-refractivity contribution in [2.45, 2.75) is 18.9 Å². The molecule has 106 valence electrons. The maximum atomic E-state index is 5.78. The minimum Gasteiger partial charge on any atom is -0.493 e. The molecule has 0 atom stereocenters. The minimum absolute atomic E-state index is 0.381. The summed E-state index contributed by atoms with van der Waals surface area (Å²) in [7, 11) is 4.83. The molecule has 1 saturated carbocycles. The van der Waals surface area contributed by atoms with Crippen LogP contribution in [0.1, 0.15) is 12.8 Å². The highest BCUT2D eigenvalue weighted by Crippen LogP contribution is 2.40. The lowest BCUT2D eigenvalue weighted by Crippen LogP contribution is -2.39. The monoisotopic (exact) mass is 266 g/mol. The largest absolute Gasteiger partial charge is 0.493 e. The van der Waals surface area contributed by atoms with Gasteiger partial charge in [0.15, 0.2) is 11.5 Å². The second-order valence-electron chi connectivity index (χ2n) is 4.89. The van der Waals surface area contributed by atoms with Gasteiger partial charge in [-0.1, -0.05) is 0 Å². The molecule has 0 saturated heterocycles. The van der Waals surface area contributed by atoms with Crippen LogP contribution < -0.4 is 25.3 Å². The fraction of sp³-hybridized carbons (Fsp3) is 0.571. The molecule has 1 aliphatic carbocycles. The Morgan fingerprint density at radius 1 is 1.11 bits per heavy atom. The third kappa shape index (κ3) is 3.04. The summed E-state index contributed by atoms with van der Waals surface area (Å²) < 4.78 is 15.9. The van der Waals surface area contributed by atoms with Gasteiger partial charge in [0, 0.05) is 30.4 Å². The van der Waals surface area contributed by atoms with Crippen LogP contribution >= 0.6 is 0 Å². The van der Waals surface area contributed by atoms with Crippen LogP contribution in [0.4, 0.5) is 5.69 Å². The number of nitrogens with one attached hydrogen (secondary N) is 1. The fourth-order valence-corrected chi connectivity index (χ4v) is 2.40. The molecule has 2 rings (SSSR count). The van der Waals surface area contributed by atoms with E-state index in [0.29, 0.717) is 29.2 Å². The Morgan fingerprint density at radius 2 is 1.68 bits per heavy atom. The molecule has 1 aromatic rings. The molecular formula is C14H22N2O3. The molecule has 1 aliphatic rings. The predicted molar refractivity (Wildman–Crippen MR) is 75.3 cm³/mol.